The van der Waals surface area contributed by atoms with E-state index in [1.807, 2.05) is 13.8 Å². The molecule has 0 saturated carbocycles. The third kappa shape index (κ3) is 7.17. The van der Waals surface area contributed by atoms with Gasteiger partial charge in [0.1, 0.15) is 6.04 Å². The van der Waals surface area contributed by atoms with Crippen LogP contribution in [0.1, 0.15) is 31.4 Å². The molecular formula is C23H29Cl2N3O4S. The van der Waals surface area contributed by atoms with E-state index in [-0.39, 0.29) is 17.3 Å². The molecule has 1 atom stereocenters. The number of sulfonamides is 1. The summed E-state index contributed by atoms with van der Waals surface area (Å²) in [5.74, 6) is -0.863. The Bertz CT molecular complexity index is 1090. The van der Waals surface area contributed by atoms with Gasteiger partial charge in [-0.3, -0.25) is 9.59 Å². The molecule has 2 aromatic rings. The molecule has 1 N–H and O–H groups in total. The van der Waals surface area contributed by atoms with Crippen LogP contribution >= 0.6 is 23.2 Å². The van der Waals surface area contributed by atoms with Crippen LogP contribution in [0.2, 0.25) is 10.0 Å². The summed E-state index contributed by atoms with van der Waals surface area (Å²) in [5.41, 5.74) is 1.51. The van der Waals surface area contributed by atoms with E-state index < -0.39 is 28.5 Å². The van der Waals surface area contributed by atoms with Gasteiger partial charge in [0.2, 0.25) is 21.8 Å². The summed E-state index contributed by atoms with van der Waals surface area (Å²) < 4.78 is 26.9. The molecule has 0 heterocycles. The highest BCUT2D eigenvalue weighted by atomic mass is 35.5. The zero-order valence-corrected chi connectivity index (χ0v) is 21.5. The molecule has 10 heteroatoms. The van der Waals surface area contributed by atoms with E-state index in [0.29, 0.717) is 22.2 Å². The highest BCUT2D eigenvalue weighted by Crippen LogP contribution is 2.24. The Morgan fingerprint density at radius 1 is 1.09 bits per heavy atom. The summed E-state index contributed by atoms with van der Waals surface area (Å²) >= 11 is 12.3. The quantitative estimate of drug-likeness (QED) is 0.522. The number of nitrogens with zero attached hydrogens (tertiary/aromatic N) is 2. The summed E-state index contributed by atoms with van der Waals surface area (Å²) in [6.45, 7) is 5.43. The van der Waals surface area contributed by atoms with Gasteiger partial charge in [0.15, 0.2) is 0 Å². The van der Waals surface area contributed by atoms with Gasteiger partial charge in [0.05, 0.1) is 11.4 Å². The van der Waals surface area contributed by atoms with Gasteiger partial charge in [-0.15, -0.1) is 0 Å². The maximum Gasteiger partial charge on any atom is 0.243 e. The van der Waals surface area contributed by atoms with E-state index in [2.05, 4.69) is 5.32 Å². The van der Waals surface area contributed by atoms with Crippen LogP contribution in [0.4, 0.5) is 0 Å². The first kappa shape index (κ1) is 27.1. The number of hydrogen-bond donors (Lipinski definition) is 1. The number of halogens is 2. The third-order valence-electron chi connectivity index (χ3n) is 5.16. The molecule has 0 aliphatic carbocycles. The third-order valence-corrected chi connectivity index (χ3v) is 7.56. The minimum absolute atomic E-state index is 0.0218. The van der Waals surface area contributed by atoms with E-state index in [9.17, 15) is 18.0 Å². The fraction of sp³-hybridized carbons (Fsp3) is 0.391. The number of amides is 2. The number of rotatable bonds is 10. The Balaban J connectivity index is 2.29. The first-order chi connectivity index (χ1) is 15.5. The minimum atomic E-state index is -3.89. The summed E-state index contributed by atoms with van der Waals surface area (Å²) in [4.78, 5) is 27.3. The molecule has 2 aromatic carbocycles. The van der Waals surface area contributed by atoms with E-state index in [1.54, 1.807) is 37.3 Å². The molecule has 33 heavy (non-hydrogen) atoms. The number of likely N-dealkylation sites (N-methyl/N-ethyl adjacent to an activating group) is 1. The van der Waals surface area contributed by atoms with Crippen LogP contribution < -0.4 is 5.32 Å². The maximum absolute atomic E-state index is 13.3. The van der Waals surface area contributed by atoms with Crippen LogP contribution in [0.3, 0.4) is 0 Å². The molecule has 180 valence electrons. The average Bonchev–Trinajstić information content (AvgIpc) is 2.76. The van der Waals surface area contributed by atoms with Crippen LogP contribution in [0.5, 0.6) is 0 Å². The van der Waals surface area contributed by atoms with E-state index >= 15 is 0 Å². The van der Waals surface area contributed by atoms with Gasteiger partial charge >= 0.3 is 0 Å². The number of nitrogens with one attached hydrogen (secondary N) is 1. The van der Waals surface area contributed by atoms with E-state index in [0.717, 1.165) is 16.3 Å². The van der Waals surface area contributed by atoms with Gasteiger partial charge in [-0.25, -0.2) is 8.42 Å². The topological polar surface area (TPSA) is 86.8 Å². The first-order valence-electron chi connectivity index (χ1n) is 10.5. The van der Waals surface area contributed by atoms with Gasteiger partial charge in [0.25, 0.3) is 0 Å². The van der Waals surface area contributed by atoms with Crippen molar-refractivity contribution >= 4 is 45.0 Å². The Morgan fingerprint density at radius 2 is 1.73 bits per heavy atom. The van der Waals surface area contributed by atoms with Crippen molar-refractivity contribution in [1.82, 2.24) is 14.5 Å². The zero-order chi connectivity index (χ0) is 24.8. The molecule has 0 saturated heterocycles. The molecule has 0 aliphatic rings. The molecule has 0 aromatic heterocycles. The van der Waals surface area contributed by atoms with Crippen molar-refractivity contribution in [3.8, 4) is 0 Å². The fourth-order valence-corrected chi connectivity index (χ4v) is 4.66. The van der Waals surface area contributed by atoms with E-state index in [4.69, 9.17) is 23.2 Å². The standard InChI is InChI=1S/C23H29Cl2N3O4S/c1-5-12-26-23(30)17(3)28(14-18-8-9-19(24)13-21(18)25)22(29)15-27(4)33(31,32)20-10-6-16(2)7-11-20/h6-11,13,17H,5,12,14-15H2,1-4H3,(H,26,30)/t17-/m1/s1. The van der Waals surface area contributed by atoms with Gasteiger partial charge in [-0.05, 0) is 50.1 Å². The lowest BCUT2D eigenvalue weighted by Crippen LogP contribution is -2.50. The number of carbonyl (C=O) groups excluding carboxylic acids is 2. The predicted octanol–water partition coefficient (Wildman–Crippen LogP) is 3.87. The van der Waals surface area contributed by atoms with E-state index in [1.165, 1.54) is 24.1 Å². The van der Waals surface area contributed by atoms with Crippen LogP contribution in [0.15, 0.2) is 47.4 Å². The molecule has 0 bridgehead atoms. The number of aryl methyl sites for hydroxylation is 1. The molecule has 0 spiro atoms. The smallest absolute Gasteiger partial charge is 0.243 e. The van der Waals surface area contributed by atoms with Crippen molar-refractivity contribution in [3.05, 3.63) is 63.6 Å². The van der Waals surface area contributed by atoms with Gasteiger partial charge in [-0.2, -0.15) is 4.31 Å². The first-order valence-corrected chi connectivity index (χ1v) is 12.7. The average molecular weight is 514 g/mol. The predicted molar refractivity (Wildman–Crippen MR) is 131 cm³/mol. The van der Waals surface area contributed by atoms with Crippen LogP contribution in [0.25, 0.3) is 0 Å². The van der Waals surface area contributed by atoms with Gasteiger partial charge in [0, 0.05) is 30.2 Å². The summed E-state index contributed by atoms with van der Waals surface area (Å²) in [6, 6.07) is 10.4. The van der Waals surface area contributed by atoms with Crippen molar-refractivity contribution in [3.63, 3.8) is 0 Å². The monoisotopic (exact) mass is 513 g/mol. The fourth-order valence-electron chi connectivity index (χ4n) is 3.07. The van der Waals surface area contributed by atoms with Crippen LogP contribution in [-0.4, -0.2) is 55.6 Å². The summed E-state index contributed by atoms with van der Waals surface area (Å²) in [7, 11) is -2.55. The second-order valence-corrected chi connectivity index (χ2v) is 10.7. The molecule has 2 amide bonds. The molecular weight excluding hydrogens is 485 g/mol. The molecule has 0 unspecified atom stereocenters. The largest absolute Gasteiger partial charge is 0.354 e. The zero-order valence-electron chi connectivity index (χ0n) is 19.1. The Hall–Kier alpha value is -2.13. The van der Waals surface area contributed by atoms with Crippen LogP contribution in [0, 0.1) is 6.92 Å². The van der Waals surface area contributed by atoms with Gasteiger partial charge in [-0.1, -0.05) is 53.9 Å². The highest BCUT2D eigenvalue weighted by molar-refractivity contribution is 7.89. The Kier molecular flexibility index (Phi) is 9.72. The lowest BCUT2D eigenvalue weighted by Gasteiger charge is -2.30. The molecule has 2 rings (SSSR count). The van der Waals surface area contributed by atoms with Gasteiger partial charge < -0.3 is 10.2 Å². The molecule has 0 fully saturated rings. The second-order valence-electron chi connectivity index (χ2n) is 7.80. The van der Waals surface area contributed by atoms with Crippen molar-refractivity contribution in [2.45, 2.75) is 44.7 Å². The molecule has 0 radical (unpaired) electrons. The van der Waals surface area contributed by atoms with Crippen molar-refractivity contribution < 1.29 is 18.0 Å². The van der Waals surface area contributed by atoms with Crippen LogP contribution in [-0.2, 0) is 26.2 Å². The normalized spacial score (nSPS) is 12.5. The SMILES string of the molecule is CCCNC(=O)[C@@H](C)N(Cc1ccc(Cl)cc1Cl)C(=O)CN(C)S(=O)(=O)c1ccc(C)cc1. The molecule has 7 nitrogen and oxygen atoms in total. The summed E-state index contributed by atoms with van der Waals surface area (Å²) in [6.07, 6.45) is 0.743. The lowest BCUT2D eigenvalue weighted by atomic mass is 10.1. The molecule has 0 aliphatic heterocycles. The summed E-state index contributed by atoms with van der Waals surface area (Å²) in [5, 5.41) is 3.57. The Labute approximate surface area is 205 Å². The highest BCUT2D eigenvalue weighted by Gasteiger charge is 2.30. The maximum atomic E-state index is 13.3. The lowest BCUT2D eigenvalue weighted by molar-refractivity contribution is -0.140. The number of carbonyl (C=O) groups is 2. The van der Waals surface area contributed by atoms with Crippen molar-refractivity contribution in [1.29, 1.82) is 0 Å². The Morgan fingerprint density at radius 3 is 2.30 bits per heavy atom. The van der Waals surface area contributed by atoms with Crippen molar-refractivity contribution in [2.24, 2.45) is 0 Å². The number of benzene rings is 2. The second kappa shape index (κ2) is 11.8. The number of hydrogen-bond acceptors (Lipinski definition) is 4. The van der Waals surface area contributed by atoms with Crippen molar-refractivity contribution in [2.75, 3.05) is 20.1 Å². The minimum Gasteiger partial charge on any atom is -0.354 e.